The van der Waals surface area contributed by atoms with Crippen LogP contribution in [0, 0.1) is 5.92 Å². The molecule has 9 nitrogen and oxygen atoms in total. The van der Waals surface area contributed by atoms with E-state index in [0.717, 1.165) is 4.31 Å². The van der Waals surface area contributed by atoms with Crippen molar-refractivity contribution in [2.75, 3.05) is 38.8 Å². The molecule has 1 aromatic rings. The van der Waals surface area contributed by atoms with Crippen molar-refractivity contribution in [1.29, 1.82) is 0 Å². The molecule has 1 heterocycles. The average Bonchev–Trinajstić information content (AvgIpc) is 3.03. The summed E-state index contributed by atoms with van der Waals surface area (Å²) in [5, 5.41) is 0. The maximum absolute atomic E-state index is 12.6. The molecule has 30 heavy (non-hydrogen) atoms. The van der Waals surface area contributed by atoms with Crippen LogP contribution in [0.1, 0.15) is 30.6 Å². The first-order valence-electron chi connectivity index (χ1n) is 9.53. The van der Waals surface area contributed by atoms with Crippen LogP contribution in [0.4, 0.5) is 0 Å². The van der Waals surface area contributed by atoms with Crippen LogP contribution in [0.5, 0.6) is 0 Å². The van der Waals surface area contributed by atoms with E-state index in [1.807, 2.05) is 13.8 Å². The molecule has 0 aliphatic carbocycles. The maximum Gasteiger partial charge on any atom is 0.338 e. The predicted octanol–water partition coefficient (Wildman–Crippen LogP) is 0.765. The van der Waals surface area contributed by atoms with Gasteiger partial charge in [0.2, 0.25) is 10.0 Å². The van der Waals surface area contributed by atoms with E-state index in [4.69, 9.17) is 4.74 Å². The minimum Gasteiger partial charge on any atom is -0.452 e. The summed E-state index contributed by atoms with van der Waals surface area (Å²) in [5.41, 5.74) is 0.111. The first-order chi connectivity index (χ1) is 13.8. The summed E-state index contributed by atoms with van der Waals surface area (Å²) in [4.78, 5) is 26.4. The van der Waals surface area contributed by atoms with Crippen LogP contribution in [-0.2, 0) is 29.4 Å². The normalized spacial score (nSPS) is 18.5. The molecule has 1 aliphatic heterocycles. The highest BCUT2D eigenvalue weighted by Crippen LogP contribution is 2.20. The van der Waals surface area contributed by atoms with Crippen LogP contribution in [0.25, 0.3) is 0 Å². The number of benzene rings is 1. The van der Waals surface area contributed by atoms with Crippen molar-refractivity contribution in [3.8, 4) is 0 Å². The maximum atomic E-state index is 12.6. The number of rotatable bonds is 8. The molecule has 0 spiro atoms. The predicted molar refractivity (Wildman–Crippen MR) is 111 cm³/mol. The molecule has 1 aliphatic rings. The molecule has 1 aromatic carbocycles. The molecule has 1 fully saturated rings. The largest absolute Gasteiger partial charge is 0.452 e. The number of carbonyl (C=O) groups is 2. The highest BCUT2D eigenvalue weighted by atomic mass is 32.2. The first kappa shape index (κ1) is 24.3. The van der Waals surface area contributed by atoms with Gasteiger partial charge in [0.15, 0.2) is 16.4 Å². The quantitative estimate of drug-likeness (QED) is 0.526. The van der Waals surface area contributed by atoms with Crippen molar-refractivity contribution in [1.82, 2.24) is 9.21 Å². The molecule has 1 atom stereocenters. The van der Waals surface area contributed by atoms with Crippen LogP contribution in [0.2, 0.25) is 0 Å². The average molecular weight is 461 g/mol. The number of carbonyl (C=O) groups excluding carboxylic acids is 2. The first-order valence-corrected chi connectivity index (χ1v) is 12.8. The summed E-state index contributed by atoms with van der Waals surface area (Å²) in [6.07, 6.45) is 0.372. The van der Waals surface area contributed by atoms with Crippen LogP contribution in [-0.4, -0.2) is 82.7 Å². The summed E-state index contributed by atoms with van der Waals surface area (Å²) in [6, 6.07) is 4.81. The van der Waals surface area contributed by atoms with Crippen molar-refractivity contribution >= 4 is 31.7 Å². The summed E-state index contributed by atoms with van der Waals surface area (Å²) in [7, 11) is -3.97. The fraction of sp³-hybridized carbons (Fsp3) is 0.579. The lowest BCUT2D eigenvalue weighted by Gasteiger charge is -2.29. The highest BCUT2D eigenvalue weighted by molar-refractivity contribution is 7.91. The zero-order valence-corrected chi connectivity index (χ0v) is 19.2. The van der Waals surface area contributed by atoms with Crippen LogP contribution in [0.3, 0.4) is 0 Å². The van der Waals surface area contributed by atoms with Gasteiger partial charge in [-0.2, -0.15) is 0 Å². The van der Waals surface area contributed by atoms with Gasteiger partial charge in [0.1, 0.15) is 0 Å². The van der Waals surface area contributed by atoms with E-state index in [1.165, 1.54) is 43.3 Å². The Morgan fingerprint density at radius 3 is 2.23 bits per heavy atom. The number of sulfone groups is 1. The van der Waals surface area contributed by atoms with Gasteiger partial charge in [-0.3, -0.25) is 4.79 Å². The van der Waals surface area contributed by atoms with E-state index >= 15 is 0 Å². The van der Waals surface area contributed by atoms with Crippen LogP contribution >= 0.6 is 0 Å². The van der Waals surface area contributed by atoms with E-state index in [-0.39, 0.29) is 27.9 Å². The van der Waals surface area contributed by atoms with E-state index in [0.29, 0.717) is 13.0 Å². The Morgan fingerprint density at radius 2 is 1.77 bits per heavy atom. The smallest absolute Gasteiger partial charge is 0.338 e. The molecule has 0 aromatic heterocycles. The highest BCUT2D eigenvalue weighted by Gasteiger charge is 2.35. The molecule has 11 heteroatoms. The Hall–Kier alpha value is -1.98. The molecular formula is C19H28N2O7S2. The third-order valence-electron chi connectivity index (χ3n) is 4.73. The van der Waals surface area contributed by atoms with Gasteiger partial charge in [-0.25, -0.2) is 25.9 Å². The molecule has 1 saturated heterocycles. The molecule has 0 saturated carbocycles. The lowest BCUT2D eigenvalue weighted by atomic mass is 10.1. The van der Waals surface area contributed by atoms with Crippen molar-refractivity contribution < 1.29 is 31.2 Å². The number of esters is 1. The zero-order chi connectivity index (χ0) is 22.7. The fourth-order valence-electron chi connectivity index (χ4n) is 3.14. The number of hydrogen-bond acceptors (Lipinski definition) is 7. The van der Waals surface area contributed by atoms with Gasteiger partial charge in [0, 0.05) is 26.7 Å². The monoisotopic (exact) mass is 460 g/mol. The van der Waals surface area contributed by atoms with Crippen LogP contribution in [0.15, 0.2) is 29.2 Å². The molecule has 1 unspecified atom stereocenters. The van der Waals surface area contributed by atoms with Crippen molar-refractivity contribution in [2.24, 2.45) is 5.92 Å². The third-order valence-corrected chi connectivity index (χ3v) is 8.31. The van der Waals surface area contributed by atoms with E-state index in [1.54, 1.807) is 0 Å². The van der Waals surface area contributed by atoms with Gasteiger partial charge in [-0.15, -0.1) is 0 Å². The Bertz CT molecular complexity index is 984. The van der Waals surface area contributed by atoms with Gasteiger partial charge in [0.05, 0.1) is 22.0 Å². The third kappa shape index (κ3) is 6.02. The number of nitrogens with zero attached hydrogens (tertiary/aromatic N) is 2. The lowest BCUT2D eigenvalue weighted by molar-refractivity contribution is -0.137. The minimum atomic E-state index is -3.62. The standard InChI is InChI=1S/C19H28N2O7S2/c1-14(2)11-21(16-9-10-29(24,25)13-16)18(22)12-28-19(23)15-5-7-17(8-6-15)30(26,27)20(3)4/h5-8,14,16H,9-13H2,1-4H3. The summed E-state index contributed by atoms with van der Waals surface area (Å²) < 4.78 is 53.9. The summed E-state index contributed by atoms with van der Waals surface area (Å²) in [6.45, 7) is 3.69. The van der Waals surface area contributed by atoms with Crippen molar-refractivity contribution in [2.45, 2.75) is 31.2 Å². The second kappa shape index (κ2) is 9.44. The van der Waals surface area contributed by atoms with E-state index < -0.39 is 44.4 Å². The minimum absolute atomic E-state index is 0.0330. The number of ether oxygens (including phenoxy) is 1. The molecule has 0 N–H and O–H groups in total. The van der Waals surface area contributed by atoms with Gasteiger partial charge in [-0.1, -0.05) is 13.8 Å². The Morgan fingerprint density at radius 1 is 1.17 bits per heavy atom. The number of sulfonamides is 1. The lowest BCUT2D eigenvalue weighted by Crippen LogP contribution is -2.45. The van der Waals surface area contributed by atoms with E-state index in [9.17, 15) is 26.4 Å². The van der Waals surface area contributed by atoms with Gasteiger partial charge in [0.25, 0.3) is 5.91 Å². The van der Waals surface area contributed by atoms with Gasteiger partial charge >= 0.3 is 5.97 Å². The zero-order valence-electron chi connectivity index (χ0n) is 17.6. The molecule has 1 amide bonds. The second-order valence-electron chi connectivity index (χ2n) is 7.88. The van der Waals surface area contributed by atoms with Crippen molar-refractivity contribution in [3.05, 3.63) is 29.8 Å². The topological polar surface area (TPSA) is 118 Å². The number of amides is 1. The number of hydrogen-bond donors (Lipinski definition) is 0. The van der Waals surface area contributed by atoms with Gasteiger partial charge < -0.3 is 9.64 Å². The molecular weight excluding hydrogens is 432 g/mol. The van der Waals surface area contributed by atoms with Gasteiger partial charge in [-0.05, 0) is 36.6 Å². The van der Waals surface area contributed by atoms with E-state index in [2.05, 4.69) is 0 Å². The molecule has 168 valence electrons. The van der Waals surface area contributed by atoms with Crippen molar-refractivity contribution in [3.63, 3.8) is 0 Å². The molecule has 0 bridgehead atoms. The molecule has 0 radical (unpaired) electrons. The molecule has 2 rings (SSSR count). The summed E-state index contributed by atoms with van der Waals surface area (Å²) >= 11 is 0. The Labute approximate surface area is 178 Å². The van der Waals surface area contributed by atoms with Crippen LogP contribution < -0.4 is 0 Å². The fourth-order valence-corrected chi connectivity index (χ4v) is 5.77. The Balaban J connectivity index is 2.03. The second-order valence-corrected chi connectivity index (χ2v) is 12.3. The summed E-state index contributed by atoms with van der Waals surface area (Å²) in [5.74, 6) is -1.13. The Kier molecular flexibility index (Phi) is 7.64. The SMILES string of the molecule is CC(C)CN(C(=O)COC(=O)c1ccc(S(=O)(=O)N(C)C)cc1)C1CCS(=O)(=O)C1.